The summed E-state index contributed by atoms with van der Waals surface area (Å²) < 4.78 is 4.81. The molecular weight excluding hydrogens is 498 g/mol. The highest BCUT2D eigenvalue weighted by Gasteiger charge is 2.32. The lowest BCUT2D eigenvalue weighted by molar-refractivity contribution is -0.158. The van der Waals surface area contributed by atoms with Gasteiger partial charge in [0.15, 0.2) is 5.82 Å². The van der Waals surface area contributed by atoms with Gasteiger partial charge in [-0.1, -0.05) is 74.5 Å². The van der Waals surface area contributed by atoms with Gasteiger partial charge in [0.1, 0.15) is 11.7 Å². The number of hydrogen-bond donors (Lipinski definition) is 1. The highest BCUT2D eigenvalue weighted by Crippen LogP contribution is 2.23. The molecule has 10 nitrogen and oxygen atoms in total. The van der Waals surface area contributed by atoms with Crippen LogP contribution in [0.3, 0.4) is 0 Å². The van der Waals surface area contributed by atoms with Gasteiger partial charge in [-0.2, -0.15) is 0 Å². The summed E-state index contributed by atoms with van der Waals surface area (Å²) in [4.78, 5) is 54.6. The van der Waals surface area contributed by atoms with Crippen molar-refractivity contribution in [3.8, 4) is 22.6 Å². The number of nitrogens with one attached hydrogen (secondary N) is 1. The number of piperazine rings is 1. The summed E-state index contributed by atoms with van der Waals surface area (Å²) in [5.74, 6) is -0.399. The van der Waals surface area contributed by atoms with Crippen molar-refractivity contribution in [3.63, 3.8) is 0 Å². The molecule has 1 fully saturated rings. The van der Waals surface area contributed by atoms with E-state index in [9.17, 15) is 14.4 Å². The molecular formula is C29H33N5O5. The normalized spacial score (nSPS) is 14.5. The zero-order valence-electron chi connectivity index (χ0n) is 22.4. The number of hydroxylamine groups is 2. The van der Waals surface area contributed by atoms with Crippen LogP contribution in [0.25, 0.3) is 22.6 Å². The van der Waals surface area contributed by atoms with Gasteiger partial charge in [0.2, 0.25) is 5.91 Å². The summed E-state index contributed by atoms with van der Waals surface area (Å²) >= 11 is 0. The minimum atomic E-state index is -0.765. The molecule has 0 bridgehead atoms. The van der Waals surface area contributed by atoms with Crippen molar-refractivity contribution in [2.75, 3.05) is 32.8 Å². The fraction of sp³-hybridized carbons (Fsp3) is 0.345. The number of rotatable bonds is 8. The predicted octanol–water partition coefficient (Wildman–Crippen LogP) is 3.80. The zero-order valence-corrected chi connectivity index (χ0v) is 22.4. The standard InChI is InChI=1S/C29H33N5O5/c1-4-38-29(37)39-34-17-15-33(16-18-34)28(36)25(20(2)3)32-27(35)24-19-23(21-11-7-5-8-12-21)30-26(31-24)22-13-9-6-10-14-22/h5-14,19-20,25H,4,15-18H2,1-3H3,(H,32,35)/t25-/m0/s1. The molecule has 1 N–H and O–H groups in total. The summed E-state index contributed by atoms with van der Waals surface area (Å²) in [7, 11) is 0. The molecule has 1 aliphatic rings. The van der Waals surface area contributed by atoms with Crippen molar-refractivity contribution in [3.05, 3.63) is 72.4 Å². The molecule has 204 valence electrons. The third kappa shape index (κ3) is 7.17. The van der Waals surface area contributed by atoms with Crippen LogP contribution in [-0.2, 0) is 14.4 Å². The number of nitrogens with zero attached hydrogens (tertiary/aromatic N) is 4. The van der Waals surface area contributed by atoms with Crippen LogP contribution in [0.2, 0.25) is 0 Å². The number of hydrogen-bond acceptors (Lipinski definition) is 8. The van der Waals surface area contributed by atoms with Crippen molar-refractivity contribution in [2.45, 2.75) is 26.8 Å². The topological polar surface area (TPSA) is 114 Å². The Kier molecular flexibility index (Phi) is 9.22. The van der Waals surface area contributed by atoms with Gasteiger partial charge in [0, 0.05) is 24.2 Å². The van der Waals surface area contributed by atoms with Crippen molar-refractivity contribution in [1.29, 1.82) is 0 Å². The average Bonchev–Trinajstić information content (AvgIpc) is 2.96. The van der Waals surface area contributed by atoms with E-state index in [0.717, 1.165) is 11.1 Å². The smallest absolute Gasteiger partial charge is 0.433 e. The quantitative estimate of drug-likeness (QED) is 0.437. The van der Waals surface area contributed by atoms with Gasteiger partial charge in [0.25, 0.3) is 5.91 Å². The third-order valence-electron chi connectivity index (χ3n) is 6.30. The van der Waals surface area contributed by atoms with Gasteiger partial charge in [0.05, 0.1) is 25.4 Å². The van der Waals surface area contributed by atoms with E-state index in [1.165, 1.54) is 5.06 Å². The van der Waals surface area contributed by atoms with E-state index in [1.807, 2.05) is 74.5 Å². The molecule has 10 heteroatoms. The molecule has 1 aliphatic heterocycles. The van der Waals surface area contributed by atoms with Crippen LogP contribution in [0.5, 0.6) is 0 Å². The first-order valence-corrected chi connectivity index (χ1v) is 13.0. The Bertz CT molecular complexity index is 1220. The molecule has 0 spiro atoms. The predicted molar refractivity (Wildman–Crippen MR) is 145 cm³/mol. The number of ether oxygens (including phenoxy) is 1. The first-order valence-electron chi connectivity index (χ1n) is 13.0. The van der Waals surface area contributed by atoms with E-state index in [-0.39, 0.29) is 24.1 Å². The lowest BCUT2D eigenvalue weighted by Crippen LogP contribution is -2.56. The first-order chi connectivity index (χ1) is 18.9. The Balaban J connectivity index is 1.51. The fourth-order valence-electron chi connectivity index (χ4n) is 4.21. The molecule has 2 heterocycles. The summed E-state index contributed by atoms with van der Waals surface area (Å²) in [6.07, 6.45) is -0.765. The Morgan fingerprint density at radius 1 is 0.897 bits per heavy atom. The molecule has 0 unspecified atom stereocenters. The molecule has 39 heavy (non-hydrogen) atoms. The van der Waals surface area contributed by atoms with Crippen molar-refractivity contribution >= 4 is 18.0 Å². The maximum Gasteiger partial charge on any atom is 0.527 e. The number of aromatic nitrogens is 2. The van der Waals surface area contributed by atoms with Crippen LogP contribution < -0.4 is 5.32 Å². The van der Waals surface area contributed by atoms with Gasteiger partial charge in [-0.15, -0.1) is 5.06 Å². The largest absolute Gasteiger partial charge is 0.527 e. The SMILES string of the molecule is CCOC(=O)ON1CCN(C(=O)[C@@H](NC(=O)c2cc(-c3ccccc3)nc(-c3ccccc3)n2)C(C)C)CC1. The maximum absolute atomic E-state index is 13.5. The van der Waals surface area contributed by atoms with Gasteiger partial charge < -0.3 is 19.8 Å². The van der Waals surface area contributed by atoms with Gasteiger partial charge in [-0.25, -0.2) is 14.8 Å². The van der Waals surface area contributed by atoms with E-state index >= 15 is 0 Å². The second kappa shape index (κ2) is 13.0. The molecule has 0 saturated carbocycles. The molecule has 2 amide bonds. The summed E-state index contributed by atoms with van der Waals surface area (Å²) in [5, 5.41) is 4.38. The van der Waals surface area contributed by atoms with Crippen LogP contribution >= 0.6 is 0 Å². The van der Waals surface area contributed by atoms with Crippen LogP contribution in [0, 0.1) is 5.92 Å². The van der Waals surface area contributed by atoms with E-state index in [4.69, 9.17) is 14.6 Å². The number of amides is 2. The first kappa shape index (κ1) is 27.7. The molecule has 3 aromatic rings. The summed E-state index contributed by atoms with van der Waals surface area (Å²) in [6, 6.07) is 19.9. The molecule has 1 aromatic heterocycles. The lowest BCUT2D eigenvalue weighted by Gasteiger charge is -2.35. The molecule has 0 radical (unpaired) electrons. The van der Waals surface area contributed by atoms with Crippen molar-refractivity contribution in [1.82, 2.24) is 25.2 Å². The summed E-state index contributed by atoms with van der Waals surface area (Å²) in [6.45, 7) is 7.07. The minimum Gasteiger partial charge on any atom is -0.433 e. The van der Waals surface area contributed by atoms with E-state index in [2.05, 4.69) is 10.3 Å². The Morgan fingerprint density at radius 2 is 1.51 bits per heavy atom. The molecule has 2 aromatic carbocycles. The Morgan fingerprint density at radius 3 is 2.10 bits per heavy atom. The number of carbonyl (C=O) groups is 3. The van der Waals surface area contributed by atoms with Crippen LogP contribution in [0.4, 0.5) is 4.79 Å². The van der Waals surface area contributed by atoms with E-state index in [1.54, 1.807) is 17.9 Å². The number of benzene rings is 2. The Labute approximate surface area is 227 Å². The van der Waals surface area contributed by atoms with Gasteiger partial charge in [-0.3, -0.25) is 9.59 Å². The van der Waals surface area contributed by atoms with Crippen LogP contribution in [0.1, 0.15) is 31.3 Å². The van der Waals surface area contributed by atoms with Gasteiger partial charge >= 0.3 is 6.16 Å². The minimum absolute atomic E-state index is 0.167. The van der Waals surface area contributed by atoms with E-state index in [0.29, 0.717) is 37.7 Å². The van der Waals surface area contributed by atoms with Crippen LogP contribution in [0.15, 0.2) is 66.7 Å². The second-order valence-electron chi connectivity index (χ2n) is 9.42. The molecule has 4 rings (SSSR count). The monoisotopic (exact) mass is 531 g/mol. The van der Waals surface area contributed by atoms with Crippen LogP contribution in [-0.4, -0.2) is 76.7 Å². The highest BCUT2D eigenvalue weighted by atomic mass is 16.8. The molecule has 1 atom stereocenters. The van der Waals surface area contributed by atoms with Gasteiger partial charge in [-0.05, 0) is 18.9 Å². The molecule has 1 saturated heterocycles. The van der Waals surface area contributed by atoms with Crippen molar-refractivity contribution < 1.29 is 24.0 Å². The highest BCUT2D eigenvalue weighted by molar-refractivity contribution is 5.97. The average molecular weight is 532 g/mol. The fourth-order valence-corrected chi connectivity index (χ4v) is 4.21. The second-order valence-corrected chi connectivity index (χ2v) is 9.42. The van der Waals surface area contributed by atoms with E-state index < -0.39 is 18.1 Å². The maximum atomic E-state index is 13.5. The third-order valence-corrected chi connectivity index (χ3v) is 6.30. The molecule has 0 aliphatic carbocycles. The lowest BCUT2D eigenvalue weighted by atomic mass is 10.0. The number of carbonyl (C=O) groups excluding carboxylic acids is 3. The Hall–Kier alpha value is -4.31. The summed E-state index contributed by atoms with van der Waals surface area (Å²) in [5.41, 5.74) is 2.42. The van der Waals surface area contributed by atoms with Crippen molar-refractivity contribution in [2.24, 2.45) is 5.92 Å². The zero-order chi connectivity index (χ0) is 27.8.